The van der Waals surface area contributed by atoms with E-state index in [4.69, 9.17) is 0 Å². The predicted molar refractivity (Wildman–Crippen MR) is 135 cm³/mol. The van der Waals surface area contributed by atoms with Gasteiger partial charge in [0.1, 0.15) is 18.1 Å². The first kappa shape index (κ1) is 29.7. The summed E-state index contributed by atoms with van der Waals surface area (Å²) in [6, 6.07) is -1.67. The second-order valence-corrected chi connectivity index (χ2v) is 12.9. The smallest absolute Gasteiger partial charge is 0.350 e. The topological polar surface area (TPSA) is 140 Å². The molecule has 12 heteroatoms. The van der Waals surface area contributed by atoms with Crippen molar-refractivity contribution in [1.82, 2.24) is 21.3 Å². The Kier molecular flexibility index (Phi) is 8.11. The Morgan fingerprint density at radius 2 is 1.68 bits per heavy atom. The van der Waals surface area contributed by atoms with Gasteiger partial charge in [0, 0.05) is 14.3 Å². The molecule has 5 unspecified atom stereocenters. The molecule has 4 amide bonds. The summed E-state index contributed by atoms with van der Waals surface area (Å²) in [7, 11) is 0. The molecule has 1 saturated heterocycles. The number of carbonyl (C=O) groups is 4. The van der Waals surface area contributed by atoms with Crippen molar-refractivity contribution < 1.29 is 35.2 Å². The van der Waals surface area contributed by atoms with E-state index in [1.165, 1.54) is 20.8 Å². The highest BCUT2D eigenvalue weighted by Crippen LogP contribution is 2.54. The highest BCUT2D eigenvalue weighted by Gasteiger charge is 2.50. The van der Waals surface area contributed by atoms with Crippen LogP contribution >= 0.6 is 0 Å². The highest BCUT2D eigenvalue weighted by molar-refractivity contribution is 5.93. The normalized spacial score (nSPS) is 25.7. The SMILES string of the molecule is CC(C)(C)C(NC(=O)C(F)(F)F)C(=O)NC(CC1CC1(C)C)C(=O)NC(C#N)CC1CCC2(CC2)NC1=O.[HH].[HH]. The first-order valence-corrected chi connectivity index (χ1v) is 13.1. The Bertz CT molecular complexity index is 1020. The van der Waals surface area contributed by atoms with Gasteiger partial charge in [-0.05, 0) is 61.7 Å². The third-order valence-electron chi connectivity index (χ3n) is 8.11. The number of halogens is 3. The Morgan fingerprint density at radius 3 is 2.13 bits per heavy atom. The van der Waals surface area contributed by atoms with Crippen LogP contribution in [0.25, 0.3) is 0 Å². The zero-order valence-electron chi connectivity index (χ0n) is 22.6. The van der Waals surface area contributed by atoms with Crippen LogP contribution in [0.5, 0.6) is 0 Å². The molecule has 2 saturated carbocycles. The molecule has 3 aliphatic rings. The van der Waals surface area contributed by atoms with Gasteiger partial charge in [0.05, 0.1) is 6.07 Å². The number of rotatable bonds is 9. The largest absolute Gasteiger partial charge is 0.471 e. The van der Waals surface area contributed by atoms with Crippen molar-refractivity contribution in [3.63, 3.8) is 0 Å². The molecule has 3 fully saturated rings. The van der Waals surface area contributed by atoms with E-state index in [1.54, 1.807) is 5.32 Å². The lowest BCUT2D eigenvalue weighted by Gasteiger charge is -2.32. The van der Waals surface area contributed by atoms with Crippen LogP contribution in [0, 0.1) is 34.0 Å². The van der Waals surface area contributed by atoms with Gasteiger partial charge in [-0.3, -0.25) is 19.2 Å². The number of amides is 4. The minimum atomic E-state index is -5.18. The van der Waals surface area contributed by atoms with E-state index in [2.05, 4.69) is 16.0 Å². The maximum absolute atomic E-state index is 13.3. The molecular formula is C26H42F3N5O4. The summed E-state index contributed by atoms with van der Waals surface area (Å²) < 4.78 is 38.7. The molecule has 0 radical (unpaired) electrons. The van der Waals surface area contributed by atoms with E-state index < -0.39 is 53.4 Å². The number of alkyl halides is 3. The van der Waals surface area contributed by atoms with Gasteiger partial charge < -0.3 is 21.3 Å². The first-order valence-electron chi connectivity index (χ1n) is 13.1. The number of nitrogens with zero attached hydrogens (tertiary/aromatic N) is 1. The molecule has 38 heavy (non-hydrogen) atoms. The fourth-order valence-electron chi connectivity index (χ4n) is 5.10. The van der Waals surface area contributed by atoms with Gasteiger partial charge in [0.25, 0.3) is 0 Å². The molecule has 1 spiro atoms. The maximum atomic E-state index is 13.3. The monoisotopic (exact) mass is 545 g/mol. The predicted octanol–water partition coefficient (Wildman–Crippen LogP) is 2.95. The van der Waals surface area contributed by atoms with Gasteiger partial charge in [-0.2, -0.15) is 18.4 Å². The average molecular weight is 546 g/mol. The van der Waals surface area contributed by atoms with Crippen molar-refractivity contribution in [3.8, 4) is 6.07 Å². The van der Waals surface area contributed by atoms with Crippen molar-refractivity contribution in [1.29, 1.82) is 5.26 Å². The number of carbonyl (C=O) groups excluding carboxylic acids is 4. The van der Waals surface area contributed by atoms with E-state index in [0.717, 1.165) is 25.7 Å². The van der Waals surface area contributed by atoms with E-state index in [-0.39, 0.29) is 38.5 Å². The van der Waals surface area contributed by atoms with Crippen LogP contribution in [0.4, 0.5) is 13.2 Å². The summed E-state index contributed by atoms with van der Waals surface area (Å²) in [4.78, 5) is 50.5. The van der Waals surface area contributed by atoms with Crippen LogP contribution < -0.4 is 21.3 Å². The summed E-state index contributed by atoms with van der Waals surface area (Å²) in [6.45, 7) is 8.50. The lowest BCUT2D eigenvalue weighted by Crippen LogP contribution is -2.60. The van der Waals surface area contributed by atoms with Crippen molar-refractivity contribution in [2.75, 3.05) is 0 Å². The Morgan fingerprint density at radius 1 is 1.08 bits per heavy atom. The molecular weight excluding hydrogens is 503 g/mol. The molecule has 0 bridgehead atoms. The van der Waals surface area contributed by atoms with Crippen LogP contribution in [0.15, 0.2) is 0 Å². The number of hydrogen-bond donors (Lipinski definition) is 4. The Balaban J connectivity index is 0.00000400. The molecule has 0 aromatic carbocycles. The van der Waals surface area contributed by atoms with E-state index in [0.29, 0.717) is 6.42 Å². The highest BCUT2D eigenvalue weighted by atomic mass is 19.4. The molecule has 0 aromatic heterocycles. The number of nitrogens with one attached hydrogen (secondary N) is 4. The lowest BCUT2D eigenvalue weighted by molar-refractivity contribution is -0.175. The van der Waals surface area contributed by atoms with E-state index in [1.807, 2.05) is 19.9 Å². The van der Waals surface area contributed by atoms with Crippen molar-refractivity contribution >= 4 is 23.6 Å². The van der Waals surface area contributed by atoms with E-state index >= 15 is 0 Å². The van der Waals surface area contributed by atoms with Crippen molar-refractivity contribution in [3.05, 3.63) is 0 Å². The van der Waals surface area contributed by atoms with Gasteiger partial charge in [0.2, 0.25) is 17.7 Å². The third-order valence-corrected chi connectivity index (χ3v) is 8.11. The van der Waals surface area contributed by atoms with Gasteiger partial charge in [0.15, 0.2) is 0 Å². The summed E-state index contributed by atoms with van der Waals surface area (Å²) in [5.41, 5.74) is -1.26. The standard InChI is InChI=1S/C26H38F3N5O4.2H2/c1-23(2,3)18(33-22(38)26(27,28)29)21(37)32-17(11-15-12-24(15,4)5)20(36)31-16(13-30)10-14-6-7-25(8-9-25)34-19(14)35;;/h14-18H,6-12H2,1-5H3,(H,31,36)(H,32,37)(H,33,38)(H,34,35);2*1H. The van der Waals surface area contributed by atoms with Crippen LogP contribution in [0.3, 0.4) is 0 Å². The maximum Gasteiger partial charge on any atom is 0.471 e. The van der Waals surface area contributed by atoms with Gasteiger partial charge >= 0.3 is 12.1 Å². The molecule has 1 aliphatic heterocycles. The Hall–Kier alpha value is -2.84. The zero-order valence-corrected chi connectivity index (χ0v) is 22.6. The van der Waals surface area contributed by atoms with Gasteiger partial charge in [-0.15, -0.1) is 0 Å². The molecule has 3 rings (SSSR count). The quantitative estimate of drug-likeness (QED) is 0.353. The minimum Gasteiger partial charge on any atom is -0.350 e. The summed E-state index contributed by atoms with van der Waals surface area (Å²) in [5.74, 6) is -4.32. The minimum absolute atomic E-state index is 0. The summed E-state index contributed by atoms with van der Waals surface area (Å²) >= 11 is 0. The molecule has 4 N–H and O–H groups in total. The van der Waals surface area contributed by atoms with Crippen molar-refractivity contribution in [2.45, 2.75) is 109 Å². The fraction of sp³-hybridized carbons (Fsp3) is 0.808. The molecule has 1 heterocycles. The number of nitriles is 1. The second kappa shape index (κ2) is 10.4. The van der Waals surface area contributed by atoms with Gasteiger partial charge in [-0.25, -0.2) is 0 Å². The van der Waals surface area contributed by atoms with Crippen LogP contribution in [-0.2, 0) is 19.2 Å². The number of hydrogen-bond acceptors (Lipinski definition) is 5. The van der Waals surface area contributed by atoms with Gasteiger partial charge in [-0.1, -0.05) is 34.6 Å². The van der Waals surface area contributed by atoms with Crippen molar-refractivity contribution in [2.24, 2.45) is 22.7 Å². The summed E-state index contributed by atoms with van der Waals surface area (Å²) in [6.07, 6.45) is -0.713. The fourth-order valence-corrected chi connectivity index (χ4v) is 5.10. The molecule has 5 atom stereocenters. The van der Waals surface area contributed by atoms with Crippen LogP contribution in [0.1, 0.15) is 82.4 Å². The average Bonchev–Trinajstić information content (AvgIpc) is 3.67. The lowest BCUT2D eigenvalue weighted by atomic mass is 9.85. The summed E-state index contributed by atoms with van der Waals surface area (Å²) in [5, 5.41) is 19.6. The zero-order chi connectivity index (χ0) is 28.7. The second-order valence-electron chi connectivity index (χ2n) is 12.9. The first-order chi connectivity index (χ1) is 17.4. The molecule has 0 aromatic rings. The molecule has 216 valence electrons. The molecule has 9 nitrogen and oxygen atoms in total. The van der Waals surface area contributed by atoms with Crippen LogP contribution in [0.2, 0.25) is 0 Å². The van der Waals surface area contributed by atoms with Crippen LogP contribution in [-0.4, -0.2) is 53.5 Å². The number of piperidine rings is 1. The Labute approximate surface area is 224 Å². The third kappa shape index (κ3) is 7.38. The van der Waals surface area contributed by atoms with E-state index in [9.17, 15) is 37.6 Å². The molecule has 2 aliphatic carbocycles.